The van der Waals surface area contributed by atoms with Gasteiger partial charge < -0.3 is 15.3 Å². The van der Waals surface area contributed by atoms with Crippen molar-refractivity contribution in [2.45, 2.75) is 68.9 Å². The summed E-state index contributed by atoms with van der Waals surface area (Å²) in [5.74, 6) is 0.0162. The fourth-order valence-electron chi connectivity index (χ4n) is 4.28. The summed E-state index contributed by atoms with van der Waals surface area (Å²) in [7, 11) is 0. The van der Waals surface area contributed by atoms with E-state index in [2.05, 4.69) is 41.5 Å². The number of anilines is 1. The SMILES string of the molecule is CCCN(CCC)C(=O)Nc1ccc(-n2nc3ccc(SC4CCCCC4)cc3n2)c(O)c1. The number of phenols is 1. The van der Waals surface area contributed by atoms with Gasteiger partial charge in [-0.25, -0.2) is 4.79 Å². The molecule has 0 bridgehead atoms. The maximum Gasteiger partial charge on any atom is 0.321 e. The lowest BCUT2D eigenvalue weighted by molar-refractivity contribution is 0.211. The Morgan fingerprint density at radius 2 is 1.79 bits per heavy atom. The van der Waals surface area contributed by atoms with Crippen molar-refractivity contribution in [2.24, 2.45) is 0 Å². The van der Waals surface area contributed by atoms with Crippen molar-refractivity contribution >= 4 is 34.5 Å². The molecule has 4 rings (SSSR count). The van der Waals surface area contributed by atoms with Crippen LogP contribution >= 0.6 is 11.8 Å². The Balaban J connectivity index is 1.49. The molecule has 2 aromatic carbocycles. The standard InChI is InChI=1S/C25H33N5O2S/c1-3-14-29(15-4-2)25(32)26-18-10-13-23(24(31)16-18)30-27-21-12-11-20(17-22(21)28-30)33-19-8-6-5-7-9-19/h10-13,16-17,19,31H,3-9,14-15H2,1-2H3,(H,26,32). The fourth-order valence-corrected chi connectivity index (χ4v) is 5.56. The molecule has 1 aliphatic rings. The van der Waals surface area contributed by atoms with E-state index in [-0.39, 0.29) is 11.8 Å². The number of urea groups is 1. The number of fused-ring (bicyclic) bond motifs is 1. The molecule has 8 heteroatoms. The molecule has 7 nitrogen and oxygen atoms in total. The van der Waals surface area contributed by atoms with Crippen molar-refractivity contribution in [3.63, 3.8) is 0 Å². The summed E-state index contributed by atoms with van der Waals surface area (Å²) in [6.45, 7) is 5.51. The number of carbonyl (C=O) groups is 1. The number of nitrogens with zero attached hydrogens (tertiary/aromatic N) is 4. The molecule has 0 unspecified atom stereocenters. The number of hydrogen-bond acceptors (Lipinski definition) is 5. The first-order chi connectivity index (χ1) is 16.1. The second-order valence-electron chi connectivity index (χ2n) is 8.64. The van der Waals surface area contributed by atoms with E-state index in [0.717, 1.165) is 23.9 Å². The lowest BCUT2D eigenvalue weighted by Crippen LogP contribution is -2.36. The number of phenolic OH excluding ortho intramolecular Hbond substituents is 1. The molecule has 1 saturated carbocycles. The molecule has 2 amide bonds. The number of benzene rings is 2. The summed E-state index contributed by atoms with van der Waals surface area (Å²) in [5.41, 5.74) is 2.61. The van der Waals surface area contributed by atoms with E-state index >= 15 is 0 Å². The predicted octanol–water partition coefficient (Wildman–Crippen LogP) is 6.20. The maximum atomic E-state index is 12.6. The third-order valence-corrected chi connectivity index (χ3v) is 7.25. The highest BCUT2D eigenvalue weighted by molar-refractivity contribution is 8.00. The van der Waals surface area contributed by atoms with Crippen LogP contribution < -0.4 is 5.32 Å². The number of amides is 2. The minimum Gasteiger partial charge on any atom is -0.506 e. The van der Waals surface area contributed by atoms with Crippen LogP contribution in [-0.2, 0) is 0 Å². The van der Waals surface area contributed by atoms with Crippen LogP contribution in [-0.4, -0.2) is 49.4 Å². The minimum atomic E-state index is -0.156. The highest BCUT2D eigenvalue weighted by atomic mass is 32.2. The van der Waals surface area contributed by atoms with Gasteiger partial charge in [-0.05, 0) is 56.0 Å². The van der Waals surface area contributed by atoms with E-state index in [1.54, 1.807) is 23.1 Å². The van der Waals surface area contributed by atoms with Gasteiger partial charge in [0.15, 0.2) is 0 Å². The topological polar surface area (TPSA) is 83.3 Å². The Bertz CT molecular complexity index is 1090. The van der Waals surface area contributed by atoms with Gasteiger partial charge in [0.05, 0.1) is 0 Å². The molecule has 1 aliphatic carbocycles. The zero-order valence-electron chi connectivity index (χ0n) is 19.5. The second kappa shape index (κ2) is 10.9. The van der Waals surface area contributed by atoms with Gasteiger partial charge in [0, 0.05) is 35.0 Å². The number of hydrogen-bond donors (Lipinski definition) is 2. The lowest BCUT2D eigenvalue weighted by atomic mass is 10.0. The highest BCUT2D eigenvalue weighted by Crippen LogP contribution is 2.34. The van der Waals surface area contributed by atoms with Crippen molar-refractivity contribution in [2.75, 3.05) is 18.4 Å². The van der Waals surface area contributed by atoms with Crippen molar-refractivity contribution in [3.05, 3.63) is 36.4 Å². The van der Waals surface area contributed by atoms with Gasteiger partial charge in [-0.2, -0.15) is 0 Å². The van der Waals surface area contributed by atoms with E-state index in [1.807, 2.05) is 17.8 Å². The molecule has 0 saturated heterocycles. The number of rotatable bonds is 8. The molecule has 3 aromatic rings. The van der Waals surface area contributed by atoms with Gasteiger partial charge in [0.2, 0.25) is 0 Å². The number of nitrogens with one attached hydrogen (secondary N) is 1. The summed E-state index contributed by atoms with van der Waals surface area (Å²) >= 11 is 1.93. The van der Waals surface area contributed by atoms with Crippen LogP contribution in [0.4, 0.5) is 10.5 Å². The monoisotopic (exact) mass is 467 g/mol. The first-order valence-corrected chi connectivity index (χ1v) is 12.9. The molecule has 1 heterocycles. The zero-order chi connectivity index (χ0) is 23.2. The average molecular weight is 468 g/mol. The van der Waals surface area contributed by atoms with Crippen molar-refractivity contribution in [3.8, 4) is 11.4 Å². The summed E-state index contributed by atoms with van der Waals surface area (Å²) in [6, 6.07) is 11.1. The van der Waals surface area contributed by atoms with Gasteiger partial charge in [-0.15, -0.1) is 26.8 Å². The molecule has 0 radical (unpaired) electrons. The van der Waals surface area contributed by atoms with E-state index in [9.17, 15) is 9.90 Å². The van der Waals surface area contributed by atoms with Gasteiger partial charge in [-0.3, -0.25) is 0 Å². The Kier molecular flexibility index (Phi) is 7.75. The van der Waals surface area contributed by atoms with Crippen LogP contribution in [0.2, 0.25) is 0 Å². The summed E-state index contributed by atoms with van der Waals surface area (Å²) in [5, 5.41) is 23.3. The van der Waals surface area contributed by atoms with E-state index in [1.165, 1.54) is 41.8 Å². The highest BCUT2D eigenvalue weighted by Gasteiger charge is 2.17. The molecule has 33 heavy (non-hydrogen) atoms. The van der Waals surface area contributed by atoms with E-state index < -0.39 is 0 Å². The summed E-state index contributed by atoms with van der Waals surface area (Å²) in [4.78, 5) is 17.0. The molecule has 2 N–H and O–H groups in total. The first kappa shape index (κ1) is 23.4. The van der Waals surface area contributed by atoms with E-state index in [0.29, 0.717) is 29.7 Å². The van der Waals surface area contributed by atoms with E-state index in [4.69, 9.17) is 0 Å². The van der Waals surface area contributed by atoms with Crippen molar-refractivity contribution in [1.82, 2.24) is 19.9 Å². The molecular formula is C25H33N5O2S. The Morgan fingerprint density at radius 1 is 1.06 bits per heavy atom. The number of aromatic nitrogens is 3. The third kappa shape index (κ3) is 5.79. The van der Waals surface area contributed by atoms with Gasteiger partial charge in [-0.1, -0.05) is 33.1 Å². The predicted molar refractivity (Wildman–Crippen MR) is 134 cm³/mol. The molecular weight excluding hydrogens is 434 g/mol. The zero-order valence-corrected chi connectivity index (χ0v) is 20.3. The van der Waals surface area contributed by atoms with Gasteiger partial charge in [0.1, 0.15) is 22.5 Å². The van der Waals surface area contributed by atoms with Crippen molar-refractivity contribution in [1.29, 1.82) is 0 Å². The molecule has 1 aromatic heterocycles. The third-order valence-electron chi connectivity index (χ3n) is 5.92. The fraction of sp³-hybridized carbons (Fsp3) is 0.480. The quantitative estimate of drug-likeness (QED) is 0.412. The van der Waals surface area contributed by atoms with Crippen LogP contribution in [0, 0.1) is 0 Å². The summed E-state index contributed by atoms with van der Waals surface area (Å²) < 4.78 is 0. The molecule has 0 aliphatic heterocycles. The first-order valence-electron chi connectivity index (χ1n) is 12.0. The number of carbonyl (C=O) groups excluding carboxylic acids is 1. The van der Waals surface area contributed by atoms with Crippen molar-refractivity contribution < 1.29 is 9.90 Å². The normalized spacial score (nSPS) is 14.5. The minimum absolute atomic E-state index is 0.0162. The van der Waals surface area contributed by atoms with Crippen LogP contribution in [0.15, 0.2) is 41.3 Å². The lowest BCUT2D eigenvalue weighted by Gasteiger charge is -2.22. The Hall–Kier alpha value is -2.74. The molecule has 0 atom stereocenters. The van der Waals surface area contributed by atoms with Gasteiger partial charge >= 0.3 is 6.03 Å². The molecule has 1 fully saturated rings. The van der Waals surface area contributed by atoms with Crippen LogP contribution in [0.3, 0.4) is 0 Å². The smallest absolute Gasteiger partial charge is 0.321 e. The van der Waals surface area contributed by atoms with Gasteiger partial charge in [0.25, 0.3) is 0 Å². The second-order valence-corrected chi connectivity index (χ2v) is 10.0. The number of aromatic hydroxyl groups is 1. The largest absolute Gasteiger partial charge is 0.506 e. The summed E-state index contributed by atoms with van der Waals surface area (Å²) in [6.07, 6.45) is 8.35. The molecule has 176 valence electrons. The maximum absolute atomic E-state index is 12.6. The van der Waals surface area contributed by atoms with Crippen LogP contribution in [0.5, 0.6) is 5.75 Å². The Morgan fingerprint density at radius 3 is 2.48 bits per heavy atom. The van der Waals surface area contributed by atoms with Crippen LogP contribution in [0.1, 0.15) is 58.8 Å². The average Bonchev–Trinajstić information content (AvgIpc) is 3.22. The van der Waals surface area contributed by atoms with Crippen LogP contribution in [0.25, 0.3) is 16.7 Å². The number of thioether (sulfide) groups is 1. The Labute approximate surface area is 199 Å². The molecule has 0 spiro atoms.